The molecule has 2 N–H and O–H groups in total. The van der Waals surface area contributed by atoms with Gasteiger partial charge in [0, 0.05) is 19.0 Å². The van der Waals surface area contributed by atoms with Crippen LogP contribution in [0.15, 0.2) is 12.3 Å². The van der Waals surface area contributed by atoms with E-state index < -0.39 is 5.97 Å². The topological polar surface area (TPSA) is 78.9 Å². The van der Waals surface area contributed by atoms with Gasteiger partial charge in [-0.15, -0.1) is 0 Å². The molecule has 0 aromatic carbocycles. The minimum Gasteiger partial charge on any atom is -0.481 e. The third kappa shape index (κ3) is 2.18. The van der Waals surface area contributed by atoms with E-state index in [1.807, 2.05) is 13.0 Å². The lowest BCUT2D eigenvalue weighted by Crippen LogP contribution is -1.96. The van der Waals surface area contributed by atoms with Gasteiger partial charge < -0.3 is 10.1 Å². The van der Waals surface area contributed by atoms with Gasteiger partial charge in [-0.1, -0.05) is 0 Å². The second-order valence-corrected chi connectivity index (χ2v) is 3.76. The van der Waals surface area contributed by atoms with E-state index in [0.717, 1.165) is 16.9 Å². The fraction of sp³-hybridized carbons (Fsp3) is 0.364. The predicted molar refractivity (Wildman–Crippen MR) is 59.2 cm³/mol. The van der Waals surface area contributed by atoms with Crippen LogP contribution in [0.5, 0.6) is 0 Å². The van der Waals surface area contributed by atoms with Gasteiger partial charge in [-0.3, -0.25) is 4.79 Å². The number of hydrogen-bond acceptors (Lipinski definition) is 3. The van der Waals surface area contributed by atoms with Crippen molar-refractivity contribution in [3.05, 3.63) is 23.7 Å². The van der Waals surface area contributed by atoms with Crippen LogP contribution in [0.1, 0.15) is 24.2 Å². The van der Waals surface area contributed by atoms with Crippen LogP contribution < -0.4 is 0 Å². The number of aliphatic carboxylic acids is 1. The summed E-state index contributed by atoms with van der Waals surface area (Å²) in [6.45, 7) is 1.99. The minimum atomic E-state index is -0.773. The molecule has 2 aromatic rings. The molecule has 0 atom stereocenters. The average molecular weight is 219 g/mol. The number of fused-ring (bicyclic) bond motifs is 1. The second kappa shape index (κ2) is 4.30. The summed E-state index contributed by atoms with van der Waals surface area (Å²) >= 11 is 0. The Morgan fingerprint density at radius 1 is 1.56 bits per heavy atom. The van der Waals surface area contributed by atoms with Gasteiger partial charge in [0.05, 0.1) is 5.52 Å². The molecule has 0 saturated heterocycles. The quantitative estimate of drug-likeness (QED) is 0.819. The number of nitrogens with zero attached hydrogens (tertiary/aromatic N) is 2. The fourth-order valence-electron chi connectivity index (χ4n) is 1.61. The van der Waals surface area contributed by atoms with E-state index in [1.165, 1.54) is 0 Å². The highest BCUT2D eigenvalue weighted by atomic mass is 16.4. The van der Waals surface area contributed by atoms with Crippen LogP contribution >= 0.6 is 0 Å². The molecule has 0 amide bonds. The van der Waals surface area contributed by atoms with E-state index in [1.54, 1.807) is 6.20 Å². The van der Waals surface area contributed by atoms with Crippen molar-refractivity contribution in [3.8, 4) is 0 Å². The number of aromatic nitrogens is 3. The van der Waals surface area contributed by atoms with Crippen LogP contribution in [-0.4, -0.2) is 26.0 Å². The van der Waals surface area contributed by atoms with E-state index in [4.69, 9.17) is 5.11 Å². The second-order valence-electron chi connectivity index (χ2n) is 3.76. The molecule has 0 fully saturated rings. The Balaban J connectivity index is 2.14. The molecule has 0 aliphatic carbocycles. The Bertz CT molecular complexity index is 519. The number of nitrogens with one attached hydrogen (secondary N) is 1. The van der Waals surface area contributed by atoms with Crippen LogP contribution in [-0.2, 0) is 11.2 Å². The summed E-state index contributed by atoms with van der Waals surface area (Å²) in [7, 11) is 0. The Morgan fingerprint density at radius 2 is 2.38 bits per heavy atom. The van der Waals surface area contributed by atoms with Gasteiger partial charge in [0.2, 0.25) is 0 Å². The van der Waals surface area contributed by atoms with E-state index in [2.05, 4.69) is 15.0 Å². The van der Waals surface area contributed by atoms with E-state index in [-0.39, 0.29) is 6.42 Å². The molecule has 0 aliphatic heterocycles. The Hall–Kier alpha value is -1.91. The van der Waals surface area contributed by atoms with Crippen molar-refractivity contribution in [1.82, 2.24) is 15.0 Å². The molecule has 5 heteroatoms. The van der Waals surface area contributed by atoms with Crippen LogP contribution in [0.4, 0.5) is 0 Å². The molecule has 16 heavy (non-hydrogen) atoms. The molecule has 2 rings (SSSR count). The molecule has 0 aliphatic rings. The number of pyridine rings is 1. The summed E-state index contributed by atoms with van der Waals surface area (Å²) in [5.41, 5.74) is 2.74. The van der Waals surface area contributed by atoms with Crippen molar-refractivity contribution in [1.29, 1.82) is 0 Å². The first-order valence-corrected chi connectivity index (χ1v) is 5.19. The molecule has 0 bridgehead atoms. The van der Waals surface area contributed by atoms with Crippen molar-refractivity contribution in [2.24, 2.45) is 0 Å². The molecule has 0 radical (unpaired) electrons. The predicted octanol–water partition coefficient (Wildman–Crippen LogP) is 1.67. The first-order chi connectivity index (χ1) is 7.66. The average Bonchev–Trinajstić information content (AvgIpc) is 2.61. The Kier molecular flexibility index (Phi) is 2.85. The van der Waals surface area contributed by atoms with Gasteiger partial charge in [0.15, 0.2) is 5.65 Å². The number of H-pyrrole nitrogens is 1. The van der Waals surface area contributed by atoms with Gasteiger partial charge in [-0.05, 0) is 25.0 Å². The number of carboxylic acids is 1. The van der Waals surface area contributed by atoms with Crippen LogP contribution in [0.3, 0.4) is 0 Å². The minimum absolute atomic E-state index is 0.170. The molecule has 0 saturated carbocycles. The number of carbonyl (C=O) groups is 1. The Morgan fingerprint density at radius 3 is 3.06 bits per heavy atom. The van der Waals surface area contributed by atoms with E-state index >= 15 is 0 Å². The van der Waals surface area contributed by atoms with Crippen LogP contribution in [0.2, 0.25) is 0 Å². The van der Waals surface area contributed by atoms with Gasteiger partial charge in [0.1, 0.15) is 5.82 Å². The lowest BCUT2D eigenvalue weighted by atomic mass is 10.2. The van der Waals surface area contributed by atoms with Crippen molar-refractivity contribution in [2.45, 2.75) is 26.2 Å². The lowest BCUT2D eigenvalue weighted by molar-refractivity contribution is -0.137. The van der Waals surface area contributed by atoms with Crippen molar-refractivity contribution < 1.29 is 9.90 Å². The summed E-state index contributed by atoms with van der Waals surface area (Å²) in [6.07, 6.45) is 3.12. The standard InChI is InChI=1S/C11H13N3O2/c1-7-5-6-12-11-10(7)13-8(14-11)3-2-4-9(15)16/h5-6H,2-4H2,1H3,(H,15,16)(H,12,13,14). The smallest absolute Gasteiger partial charge is 0.303 e. The lowest BCUT2D eigenvalue weighted by Gasteiger charge is -1.93. The number of rotatable bonds is 4. The molecule has 2 aromatic heterocycles. The molecular formula is C11H13N3O2. The summed E-state index contributed by atoms with van der Waals surface area (Å²) in [4.78, 5) is 22.0. The summed E-state index contributed by atoms with van der Waals surface area (Å²) in [6, 6.07) is 1.92. The van der Waals surface area contributed by atoms with Crippen molar-refractivity contribution in [3.63, 3.8) is 0 Å². The van der Waals surface area contributed by atoms with Crippen molar-refractivity contribution in [2.75, 3.05) is 0 Å². The third-order valence-corrected chi connectivity index (χ3v) is 2.45. The largest absolute Gasteiger partial charge is 0.481 e. The molecule has 5 nitrogen and oxygen atoms in total. The van der Waals surface area contributed by atoms with E-state index in [9.17, 15) is 4.79 Å². The Labute approximate surface area is 92.5 Å². The number of carboxylic acid groups (broad SMARTS) is 1. The van der Waals surface area contributed by atoms with Crippen LogP contribution in [0, 0.1) is 6.92 Å². The van der Waals surface area contributed by atoms with Gasteiger partial charge in [0.25, 0.3) is 0 Å². The number of hydrogen-bond donors (Lipinski definition) is 2. The normalized spacial score (nSPS) is 10.8. The summed E-state index contributed by atoms with van der Waals surface area (Å²) < 4.78 is 0. The maximum absolute atomic E-state index is 10.4. The first kappa shape index (κ1) is 10.6. The molecule has 84 valence electrons. The first-order valence-electron chi connectivity index (χ1n) is 5.19. The maximum atomic E-state index is 10.4. The molecular weight excluding hydrogens is 206 g/mol. The van der Waals surface area contributed by atoms with E-state index in [0.29, 0.717) is 18.5 Å². The number of imidazole rings is 1. The SMILES string of the molecule is Cc1ccnc2nc(CCCC(=O)O)[nH]c12. The monoisotopic (exact) mass is 219 g/mol. The summed E-state index contributed by atoms with van der Waals surface area (Å²) in [5, 5.41) is 8.53. The fourth-order valence-corrected chi connectivity index (χ4v) is 1.61. The number of aryl methyl sites for hydroxylation is 2. The summed E-state index contributed by atoms with van der Waals surface area (Å²) in [5.74, 6) is 0.0310. The highest BCUT2D eigenvalue weighted by molar-refractivity contribution is 5.74. The zero-order chi connectivity index (χ0) is 11.5. The number of aromatic amines is 1. The highest BCUT2D eigenvalue weighted by Gasteiger charge is 2.06. The third-order valence-electron chi connectivity index (χ3n) is 2.45. The molecule has 2 heterocycles. The molecule has 0 spiro atoms. The highest BCUT2D eigenvalue weighted by Crippen LogP contribution is 2.13. The van der Waals surface area contributed by atoms with Crippen LogP contribution in [0.25, 0.3) is 11.2 Å². The zero-order valence-electron chi connectivity index (χ0n) is 9.03. The van der Waals surface area contributed by atoms with Crippen molar-refractivity contribution >= 4 is 17.1 Å². The van der Waals surface area contributed by atoms with Gasteiger partial charge >= 0.3 is 5.97 Å². The van der Waals surface area contributed by atoms with Gasteiger partial charge in [-0.2, -0.15) is 0 Å². The van der Waals surface area contributed by atoms with Gasteiger partial charge in [-0.25, -0.2) is 9.97 Å². The molecule has 0 unspecified atom stereocenters. The zero-order valence-corrected chi connectivity index (χ0v) is 9.03. The maximum Gasteiger partial charge on any atom is 0.303 e.